The molecule has 0 saturated carbocycles. The molecular formula is C10H15ClN2OS. The Bertz CT molecular complexity index is 322. The van der Waals surface area contributed by atoms with Crippen molar-refractivity contribution in [3.8, 4) is 0 Å². The Morgan fingerprint density at radius 3 is 3.07 bits per heavy atom. The molecule has 3 nitrogen and oxygen atoms in total. The minimum absolute atomic E-state index is 0.357. The number of thioether (sulfide) groups is 1. The first-order chi connectivity index (χ1) is 7.15. The van der Waals surface area contributed by atoms with E-state index in [1.807, 2.05) is 6.26 Å². The first kappa shape index (κ1) is 12.6. The molecule has 15 heavy (non-hydrogen) atoms. The fourth-order valence-corrected chi connectivity index (χ4v) is 1.93. The highest BCUT2D eigenvalue weighted by Gasteiger charge is 2.12. The van der Waals surface area contributed by atoms with E-state index in [0.717, 1.165) is 12.2 Å². The number of nitrogens with two attached hydrogens (primary N) is 1. The second-order valence-electron chi connectivity index (χ2n) is 3.28. The van der Waals surface area contributed by atoms with E-state index in [-0.39, 0.29) is 0 Å². The van der Waals surface area contributed by atoms with Crippen LogP contribution < -0.4 is 5.73 Å². The van der Waals surface area contributed by atoms with Crippen LogP contribution in [0.3, 0.4) is 0 Å². The summed E-state index contributed by atoms with van der Waals surface area (Å²) in [4.78, 5) is 3.91. The second kappa shape index (κ2) is 6.20. The van der Waals surface area contributed by atoms with Crippen LogP contribution in [0, 0.1) is 0 Å². The number of pyridine rings is 1. The summed E-state index contributed by atoms with van der Waals surface area (Å²) in [7, 11) is 0. The minimum Gasteiger partial charge on any atom is -0.388 e. The number of aliphatic hydroxyl groups is 1. The summed E-state index contributed by atoms with van der Waals surface area (Å²) in [6.07, 6.45) is 4.60. The zero-order valence-electron chi connectivity index (χ0n) is 8.61. The topological polar surface area (TPSA) is 59.1 Å². The Kier molecular flexibility index (Phi) is 5.22. The quantitative estimate of drug-likeness (QED) is 0.784. The molecule has 1 heterocycles. The maximum atomic E-state index is 9.86. The van der Waals surface area contributed by atoms with Crippen LogP contribution in [0.25, 0.3) is 0 Å². The molecule has 1 aromatic rings. The molecule has 0 spiro atoms. The van der Waals surface area contributed by atoms with E-state index in [1.54, 1.807) is 17.8 Å². The number of hydrogen-bond donors (Lipinski definition) is 2. The summed E-state index contributed by atoms with van der Waals surface area (Å²) in [5, 5.41) is 10.4. The van der Waals surface area contributed by atoms with Gasteiger partial charge in [-0.2, -0.15) is 11.8 Å². The van der Waals surface area contributed by atoms with E-state index in [9.17, 15) is 5.11 Å². The number of anilines is 1. The van der Waals surface area contributed by atoms with Crippen molar-refractivity contribution >= 4 is 29.2 Å². The Morgan fingerprint density at radius 1 is 1.67 bits per heavy atom. The van der Waals surface area contributed by atoms with Gasteiger partial charge in [-0.15, -0.1) is 0 Å². The van der Waals surface area contributed by atoms with Gasteiger partial charge in [0.2, 0.25) is 0 Å². The standard InChI is InChI=1S/C10H15ClN2OS/c1-15-4-2-3-9(14)8-5-7(11)6-13-10(8)12/h5-6,9,14H,2-4H2,1H3,(H2,12,13). The van der Waals surface area contributed by atoms with E-state index in [0.29, 0.717) is 22.8 Å². The van der Waals surface area contributed by atoms with Gasteiger partial charge in [0.05, 0.1) is 11.1 Å². The molecule has 0 radical (unpaired) electrons. The van der Waals surface area contributed by atoms with Gasteiger partial charge in [0, 0.05) is 11.8 Å². The average molecular weight is 247 g/mol. The molecule has 0 bridgehead atoms. The molecule has 0 amide bonds. The third-order valence-corrected chi connectivity index (χ3v) is 3.00. The van der Waals surface area contributed by atoms with Crippen LogP contribution in [-0.2, 0) is 0 Å². The Hall–Kier alpha value is -0.450. The van der Waals surface area contributed by atoms with Crippen LogP contribution >= 0.6 is 23.4 Å². The molecule has 84 valence electrons. The third-order valence-electron chi connectivity index (χ3n) is 2.10. The maximum absolute atomic E-state index is 9.86. The number of hydrogen-bond acceptors (Lipinski definition) is 4. The number of aliphatic hydroxyl groups excluding tert-OH is 1. The van der Waals surface area contributed by atoms with Crippen LogP contribution in [0.15, 0.2) is 12.3 Å². The van der Waals surface area contributed by atoms with Crippen molar-refractivity contribution in [2.45, 2.75) is 18.9 Å². The predicted molar refractivity (Wildman–Crippen MR) is 66.2 cm³/mol. The van der Waals surface area contributed by atoms with E-state index < -0.39 is 6.10 Å². The van der Waals surface area contributed by atoms with Crippen molar-refractivity contribution in [1.82, 2.24) is 4.98 Å². The Labute approximate surface area is 99.0 Å². The molecule has 1 aromatic heterocycles. The van der Waals surface area contributed by atoms with Gasteiger partial charge in [-0.3, -0.25) is 0 Å². The van der Waals surface area contributed by atoms with Crippen LogP contribution in [-0.4, -0.2) is 22.1 Å². The summed E-state index contributed by atoms with van der Waals surface area (Å²) >= 11 is 7.55. The lowest BCUT2D eigenvalue weighted by Crippen LogP contribution is -2.04. The van der Waals surface area contributed by atoms with Crippen molar-refractivity contribution in [2.24, 2.45) is 0 Å². The Balaban J connectivity index is 2.64. The highest BCUT2D eigenvalue weighted by atomic mass is 35.5. The molecule has 0 aliphatic rings. The van der Waals surface area contributed by atoms with Crippen LogP contribution in [0.1, 0.15) is 24.5 Å². The van der Waals surface area contributed by atoms with Gasteiger partial charge >= 0.3 is 0 Å². The van der Waals surface area contributed by atoms with Crippen LogP contribution in [0.5, 0.6) is 0 Å². The summed E-state index contributed by atoms with van der Waals surface area (Å²) in [6.45, 7) is 0. The van der Waals surface area contributed by atoms with Gasteiger partial charge in [0.1, 0.15) is 5.82 Å². The van der Waals surface area contributed by atoms with Crippen LogP contribution in [0.2, 0.25) is 5.02 Å². The molecule has 1 atom stereocenters. The highest BCUT2D eigenvalue weighted by Crippen LogP contribution is 2.25. The van der Waals surface area contributed by atoms with E-state index in [4.69, 9.17) is 17.3 Å². The van der Waals surface area contributed by atoms with Gasteiger partial charge in [-0.1, -0.05) is 11.6 Å². The van der Waals surface area contributed by atoms with Gasteiger partial charge in [-0.05, 0) is 30.9 Å². The molecule has 1 rings (SSSR count). The molecule has 3 N–H and O–H groups in total. The smallest absolute Gasteiger partial charge is 0.129 e. The normalized spacial score (nSPS) is 12.7. The zero-order chi connectivity index (χ0) is 11.3. The molecule has 0 fully saturated rings. The predicted octanol–water partition coefficient (Wildman–Crippen LogP) is 2.49. The average Bonchev–Trinajstić information content (AvgIpc) is 2.22. The van der Waals surface area contributed by atoms with Crippen molar-refractivity contribution in [1.29, 1.82) is 0 Å². The summed E-state index contributed by atoms with van der Waals surface area (Å²) in [6, 6.07) is 1.67. The first-order valence-corrected chi connectivity index (χ1v) is 6.50. The molecule has 0 aromatic carbocycles. The van der Waals surface area contributed by atoms with Gasteiger partial charge in [0.25, 0.3) is 0 Å². The largest absolute Gasteiger partial charge is 0.388 e. The van der Waals surface area contributed by atoms with Crippen molar-refractivity contribution in [3.63, 3.8) is 0 Å². The molecule has 0 saturated heterocycles. The monoisotopic (exact) mass is 246 g/mol. The molecule has 0 aliphatic heterocycles. The molecule has 5 heteroatoms. The minimum atomic E-state index is -0.566. The fraction of sp³-hybridized carbons (Fsp3) is 0.500. The van der Waals surface area contributed by atoms with Crippen molar-refractivity contribution in [2.75, 3.05) is 17.7 Å². The van der Waals surface area contributed by atoms with Gasteiger partial charge < -0.3 is 10.8 Å². The summed E-state index contributed by atoms with van der Waals surface area (Å²) in [5.74, 6) is 1.39. The van der Waals surface area contributed by atoms with Crippen molar-refractivity contribution in [3.05, 3.63) is 22.8 Å². The first-order valence-electron chi connectivity index (χ1n) is 4.73. The summed E-state index contributed by atoms with van der Waals surface area (Å²) < 4.78 is 0. The Morgan fingerprint density at radius 2 is 2.40 bits per heavy atom. The SMILES string of the molecule is CSCCCC(O)c1cc(Cl)cnc1N. The van der Waals surface area contributed by atoms with Crippen molar-refractivity contribution < 1.29 is 5.11 Å². The van der Waals surface area contributed by atoms with Gasteiger partial charge in [-0.25, -0.2) is 4.98 Å². The second-order valence-corrected chi connectivity index (χ2v) is 4.70. The lowest BCUT2D eigenvalue weighted by atomic mass is 10.1. The molecule has 0 aliphatic carbocycles. The van der Waals surface area contributed by atoms with E-state index in [2.05, 4.69) is 4.98 Å². The lowest BCUT2D eigenvalue weighted by Gasteiger charge is -2.12. The number of aromatic nitrogens is 1. The van der Waals surface area contributed by atoms with E-state index in [1.165, 1.54) is 6.20 Å². The lowest BCUT2D eigenvalue weighted by molar-refractivity contribution is 0.167. The highest BCUT2D eigenvalue weighted by molar-refractivity contribution is 7.98. The van der Waals surface area contributed by atoms with E-state index >= 15 is 0 Å². The van der Waals surface area contributed by atoms with Gasteiger partial charge in [0.15, 0.2) is 0 Å². The number of rotatable bonds is 5. The maximum Gasteiger partial charge on any atom is 0.129 e. The molecule has 1 unspecified atom stereocenters. The zero-order valence-corrected chi connectivity index (χ0v) is 10.2. The number of nitrogens with zero attached hydrogens (tertiary/aromatic N) is 1. The number of halogens is 1. The third kappa shape index (κ3) is 3.89. The fourth-order valence-electron chi connectivity index (χ4n) is 1.31. The van der Waals surface area contributed by atoms with Crippen LogP contribution in [0.4, 0.5) is 5.82 Å². The number of nitrogen functional groups attached to an aromatic ring is 1. The molecular weight excluding hydrogens is 232 g/mol. The summed E-state index contributed by atoms with van der Waals surface area (Å²) in [5.41, 5.74) is 6.29.